The van der Waals surface area contributed by atoms with E-state index in [1.165, 1.54) is 0 Å². The molecule has 0 aliphatic carbocycles. The topological polar surface area (TPSA) is 48.1 Å². The Labute approximate surface area is 88.9 Å². The van der Waals surface area contributed by atoms with E-state index < -0.39 is 0 Å². The first-order valence-corrected chi connectivity index (χ1v) is 4.83. The van der Waals surface area contributed by atoms with E-state index >= 15 is 0 Å². The number of rotatable bonds is 1. The van der Waals surface area contributed by atoms with Gasteiger partial charge in [0.1, 0.15) is 11.6 Å². The van der Waals surface area contributed by atoms with E-state index in [0.29, 0.717) is 5.82 Å². The summed E-state index contributed by atoms with van der Waals surface area (Å²) in [4.78, 5) is 4.10. The minimum absolute atomic E-state index is 0.579. The summed E-state index contributed by atoms with van der Waals surface area (Å²) in [6.45, 7) is 4.04. The second-order valence-electron chi connectivity index (χ2n) is 3.64. The predicted molar refractivity (Wildman–Crippen MR) is 62.2 cm³/mol. The van der Waals surface area contributed by atoms with Crippen LogP contribution in [0.25, 0.3) is 10.8 Å². The van der Waals surface area contributed by atoms with Gasteiger partial charge < -0.3 is 10.5 Å². The van der Waals surface area contributed by atoms with Crippen LogP contribution in [-0.2, 0) is 0 Å². The second kappa shape index (κ2) is 3.42. The van der Waals surface area contributed by atoms with E-state index in [1.807, 2.05) is 26.0 Å². The summed E-state index contributed by atoms with van der Waals surface area (Å²) in [5.74, 6) is 1.47. The Hall–Kier alpha value is -1.77. The van der Waals surface area contributed by atoms with Crippen molar-refractivity contribution in [2.75, 3.05) is 12.8 Å². The number of benzene rings is 1. The number of hydrogen-bond donors (Lipinski definition) is 1. The first kappa shape index (κ1) is 9.77. The zero-order valence-electron chi connectivity index (χ0n) is 9.16. The molecule has 1 heterocycles. The van der Waals surface area contributed by atoms with Gasteiger partial charge in [-0.05, 0) is 42.5 Å². The molecule has 2 N–H and O–H groups in total. The molecule has 0 saturated carbocycles. The maximum absolute atomic E-state index is 5.87. The molecule has 0 radical (unpaired) electrons. The zero-order valence-corrected chi connectivity index (χ0v) is 9.16. The molecular weight excluding hydrogens is 188 g/mol. The highest BCUT2D eigenvalue weighted by Gasteiger charge is 2.09. The molecule has 0 fully saturated rings. The van der Waals surface area contributed by atoms with Gasteiger partial charge in [0.2, 0.25) is 0 Å². The molecule has 78 valence electrons. The quantitative estimate of drug-likeness (QED) is 0.772. The molecule has 3 nitrogen and oxygen atoms in total. The minimum atomic E-state index is 0.579. The number of ether oxygens (including phenoxy) is 1. The van der Waals surface area contributed by atoms with Crippen LogP contribution < -0.4 is 10.5 Å². The van der Waals surface area contributed by atoms with Gasteiger partial charge in [0, 0.05) is 11.6 Å². The number of anilines is 1. The lowest BCUT2D eigenvalue weighted by atomic mass is 10.0. The maximum Gasteiger partial charge on any atom is 0.131 e. The molecule has 0 atom stereocenters. The van der Waals surface area contributed by atoms with Crippen LogP contribution in [0.2, 0.25) is 0 Å². The lowest BCUT2D eigenvalue weighted by Gasteiger charge is -2.11. The van der Waals surface area contributed by atoms with Crippen LogP contribution in [-0.4, -0.2) is 12.1 Å². The van der Waals surface area contributed by atoms with Crippen molar-refractivity contribution >= 4 is 16.6 Å². The second-order valence-corrected chi connectivity index (χ2v) is 3.64. The molecule has 2 aromatic rings. The smallest absolute Gasteiger partial charge is 0.131 e. The van der Waals surface area contributed by atoms with Gasteiger partial charge in [0.25, 0.3) is 0 Å². The van der Waals surface area contributed by atoms with E-state index in [2.05, 4.69) is 4.98 Å². The summed E-state index contributed by atoms with van der Waals surface area (Å²) in [5, 5.41) is 2.13. The molecule has 0 bridgehead atoms. The molecule has 1 aromatic heterocycles. The van der Waals surface area contributed by atoms with Gasteiger partial charge in [0.15, 0.2) is 0 Å². The highest BCUT2D eigenvalue weighted by atomic mass is 16.5. The maximum atomic E-state index is 5.87. The van der Waals surface area contributed by atoms with Crippen LogP contribution >= 0.6 is 0 Å². The van der Waals surface area contributed by atoms with Gasteiger partial charge in [0.05, 0.1) is 7.11 Å². The summed E-state index contributed by atoms with van der Waals surface area (Å²) in [7, 11) is 1.68. The molecule has 0 saturated heterocycles. The lowest BCUT2D eigenvalue weighted by molar-refractivity contribution is 0.412. The Kier molecular flexibility index (Phi) is 2.23. The Morgan fingerprint density at radius 2 is 2.07 bits per heavy atom. The van der Waals surface area contributed by atoms with Crippen molar-refractivity contribution in [2.24, 2.45) is 0 Å². The Bertz CT molecular complexity index is 521. The highest BCUT2D eigenvalue weighted by Crippen LogP contribution is 2.32. The highest BCUT2D eigenvalue weighted by molar-refractivity contribution is 5.97. The summed E-state index contributed by atoms with van der Waals surface area (Å²) < 4.78 is 5.31. The number of fused-ring (bicyclic) bond motifs is 1. The number of methoxy groups -OCH3 is 1. The van der Waals surface area contributed by atoms with E-state index in [4.69, 9.17) is 10.5 Å². The number of nitrogens with two attached hydrogens (primary N) is 1. The molecule has 0 aliphatic rings. The predicted octanol–water partition coefficient (Wildman–Crippen LogP) is 2.44. The van der Waals surface area contributed by atoms with Crippen LogP contribution in [0.4, 0.5) is 5.82 Å². The number of nitrogens with zero attached hydrogens (tertiary/aromatic N) is 1. The summed E-state index contributed by atoms with van der Waals surface area (Å²) in [5.41, 5.74) is 8.06. The molecule has 1 aromatic carbocycles. The van der Waals surface area contributed by atoms with E-state index in [0.717, 1.165) is 27.6 Å². The van der Waals surface area contributed by atoms with Crippen molar-refractivity contribution in [3.8, 4) is 5.75 Å². The summed E-state index contributed by atoms with van der Waals surface area (Å²) in [6.07, 6.45) is 1.73. The molecule has 0 aliphatic heterocycles. The van der Waals surface area contributed by atoms with Gasteiger partial charge >= 0.3 is 0 Å². The van der Waals surface area contributed by atoms with Crippen molar-refractivity contribution in [2.45, 2.75) is 13.8 Å². The summed E-state index contributed by atoms with van der Waals surface area (Å²) in [6, 6.07) is 3.96. The SMILES string of the molecule is COc1cc(C)c2c(N)nccc2c1C. The number of pyridine rings is 1. The van der Waals surface area contributed by atoms with Crippen LogP contribution in [0.15, 0.2) is 18.3 Å². The monoisotopic (exact) mass is 202 g/mol. The Morgan fingerprint density at radius 1 is 1.33 bits per heavy atom. The van der Waals surface area contributed by atoms with Crippen LogP contribution in [0.5, 0.6) is 5.75 Å². The standard InChI is InChI=1S/C12H14N2O/c1-7-6-10(15-3)8(2)9-4-5-14-12(13)11(7)9/h4-6H,1-3H3,(H2,13,14). The number of aryl methyl sites for hydroxylation is 2. The van der Waals surface area contributed by atoms with E-state index in [9.17, 15) is 0 Å². The fraction of sp³-hybridized carbons (Fsp3) is 0.250. The van der Waals surface area contributed by atoms with Gasteiger partial charge in [-0.3, -0.25) is 0 Å². The Balaban J connectivity index is 2.93. The van der Waals surface area contributed by atoms with Crippen molar-refractivity contribution < 1.29 is 4.74 Å². The summed E-state index contributed by atoms with van der Waals surface area (Å²) >= 11 is 0. The average molecular weight is 202 g/mol. The van der Waals surface area contributed by atoms with Gasteiger partial charge in [-0.15, -0.1) is 0 Å². The normalized spacial score (nSPS) is 10.6. The van der Waals surface area contributed by atoms with Crippen molar-refractivity contribution in [1.82, 2.24) is 4.98 Å². The van der Waals surface area contributed by atoms with E-state index in [-0.39, 0.29) is 0 Å². The lowest BCUT2D eigenvalue weighted by Crippen LogP contribution is -1.96. The largest absolute Gasteiger partial charge is 0.496 e. The van der Waals surface area contributed by atoms with Gasteiger partial charge in [-0.25, -0.2) is 4.98 Å². The number of aromatic nitrogens is 1. The fourth-order valence-electron chi connectivity index (χ4n) is 1.93. The molecule has 0 unspecified atom stereocenters. The Morgan fingerprint density at radius 3 is 2.73 bits per heavy atom. The first-order valence-electron chi connectivity index (χ1n) is 4.83. The first-order chi connectivity index (χ1) is 7.15. The van der Waals surface area contributed by atoms with Crippen LogP contribution in [0.3, 0.4) is 0 Å². The van der Waals surface area contributed by atoms with Gasteiger partial charge in [-0.1, -0.05) is 0 Å². The molecule has 0 amide bonds. The fourth-order valence-corrected chi connectivity index (χ4v) is 1.93. The third kappa shape index (κ3) is 1.40. The molecule has 0 spiro atoms. The molecular formula is C12H14N2O. The average Bonchev–Trinajstić information content (AvgIpc) is 2.23. The van der Waals surface area contributed by atoms with Crippen molar-refractivity contribution in [3.63, 3.8) is 0 Å². The van der Waals surface area contributed by atoms with E-state index in [1.54, 1.807) is 13.3 Å². The van der Waals surface area contributed by atoms with Crippen molar-refractivity contribution in [1.29, 1.82) is 0 Å². The molecule has 3 heteroatoms. The molecule has 2 rings (SSSR count). The third-order valence-corrected chi connectivity index (χ3v) is 2.72. The number of hydrogen-bond acceptors (Lipinski definition) is 3. The molecule has 15 heavy (non-hydrogen) atoms. The van der Waals surface area contributed by atoms with Crippen LogP contribution in [0.1, 0.15) is 11.1 Å². The minimum Gasteiger partial charge on any atom is -0.496 e. The third-order valence-electron chi connectivity index (χ3n) is 2.72. The van der Waals surface area contributed by atoms with Crippen LogP contribution in [0, 0.1) is 13.8 Å². The van der Waals surface area contributed by atoms with Crippen molar-refractivity contribution in [3.05, 3.63) is 29.5 Å². The zero-order chi connectivity index (χ0) is 11.0. The number of nitrogen functional groups attached to an aromatic ring is 1. The van der Waals surface area contributed by atoms with Gasteiger partial charge in [-0.2, -0.15) is 0 Å².